The molecule has 1 saturated carbocycles. The van der Waals surface area contributed by atoms with Gasteiger partial charge in [-0.2, -0.15) is 0 Å². The molecule has 1 aliphatic carbocycles. The zero-order valence-electron chi connectivity index (χ0n) is 20.1. The number of rotatable bonds is 10. The van der Waals surface area contributed by atoms with Gasteiger partial charge in [0.25, 0.3) is 0 Å². The average Bonchev–Trinajstić information content (AvgIpc) is 3.28. The summed E-state index contributed by atoms with van der Waals surface area (Å²) in [6.07, 6.45) is 8.29. The third kappa shape index (κ3) is 7.85. The Balaban J connectivity index is 0.00000363. The number of methoxy groups -OCH3 is 1. The molecule has 1 aromatic carbocycles. The van der Waals surface area contributed by atoms with Gasteiger partial charge in [-0.3, -0.25) is 4.99 Å². The molecule has 6 nitrogen and oxygen atoms in total. The maximum Gasteiger partial charge on any atom is 0.191 e. The van der Waals surface area contributed by atoms with Crippen molar-refractivity contribution in [2.45, 2.75) is 63.5 Å². The highest BCUT2D eigenvalue weighted by Gasteiger charge is 2.35. The Hall–Kier alpha value is -0.900. The van der Waals surface area contributed by atoms with Crippen LogP contribution in [-0.4, -0.2) is 58.6 Å². The van der Waals surface area contributed by atoms with Crippen molar-refractivity contribution in [1.82, 2.24) is 16.0 Å². The van der Waals surface area contributed by atoms with E-state index in [-0.39, 0.29) is 35.6 Å². The number of ether oxygens (including phenoxy) is 2. The van der Waals surface area contributed by atoms with Crippen LogP contribution in [0.25, 0.3) is 0 Å². The molecule has 1 heterocycles. The predicted molar refractivity (Wildman–Crippen MR) is 143 cm³/mol. The first-order chi connectivity index (χ1) is 15.1. The van der Waals surface area contributed by atoms with Gasteiger partial charge in [0.15, 0.2) is 5.96 Å². The number of benzene rings is 1. The second-order valence-electron chi connectivity index (χ2n) is 9.40. The van der Waals surface area contributed by atoms with Crippen molar-refractivity contribution in [3.05, 3.63) is 35.9 Å². The van der Waals surface area contributed by atoms with E-state index in [0.717, 1.165) is 58.1 Å². The lowest BCUT2D eigenvalue weighted by molar-refractivity contribution is 0.0354. The number of nitrogens with zero attached hydrogens (tertiary/aromatic N) is 1. The fourth-order valence-corrected chi connectivity index (χ4v) is 5.12. The quantitative estimate of drug-likeness (QED) is 0.228. The molecule has 0 bridgehead atoms. The third-order valence-electron chi connectivity index (χ3n) is 7.22. The molecule has 2 fully saturated rings. The molecule has 3 N–H and O–H groups in total. The number of nitrogens with one attached hydrogen (secondary N) is 3. The van der Waals surface area contributed by atoms with E-state index in [9.17, 15) is 0 Å². The van der Waals surface area contributed by atoms with Crippen LogP contribution in [0.1, 0.15) is 63.5 Å². The molecular formula is C25H43IN4O2. The van der Waals surface area contributed by atoms with Gasteiger partial charge in [-0.25, -0.2) is 0 Å². The van der Waals surface area contributed by atoms with Gasteiger partial charge >= 0.3 is 0 Å². The van der Waals surface area contributed by atoms with E-state index in [1.165, 1.54) is 31.2 Å². The van der Waals surface area contributed by atoms with Gasteiger partial charge in [0.1, 0.15) is 0 Å². The van der Waals surface area contributed by atoms with Crippen molar-refractivity contribution in [3.8, 4) is 0 Å². The van der Waals surface area contributed by atoms with Crippen molar-refractivity contribution >= 4 is 29.9 Å². The molecule has 2 aliphatic rings. The first-order valence-electron chi connectivity index (χ1n) is 11.9. The zero-order chi connectivity index (χ0) is 22.0. The summed E-state index contributed by atoms with van der Waals surface area (Å²) in [7, 11) is 3.66. The fraction of sp³-hybridized carbons (Fsp3) is 0.720. The largest absolute Gasteiger partial charge is 0.385 e. The molecule has 1 saturated heterocycles. The second-order valence-corrected chi connectivity index (χ2v) is 9.40. The van der Waals surface area contributed by atoms with Gasteiger partial charge in [0, 0.05) is 58.6 Å². The topological polar surface area (TPSA) is 66.9 Å². The van der Waals surface area contributed by atoms with E-state index in [4.69, 9.17) is 9.47 Å². The molecule has 0 radical (unpaired) electrons. The van der Waals surface area contributed by atoms with Crippen LogP contribution in [0.5, 0.6) is 0 Å². The van der Waals surface area contributed by atoms with Crippen molar-refractivity contribution in [2.75, 3.05) is 47.1 Å². The third-order valence-corrected chi connectivity index (χ3v) is 7.22. The monoisotopic (exact) mass is 558 g/mol. The van der Waals surface area contributed by atoms with Crippen LogP contribution in [0.15, 0.2) is 35.3 Å². The van der Waals surface area contributed by atoms with E-state index in [1.54, 1.807) is 7.11 Å². The summed E-state index contributed by atoms with van der Waals surface area (Å²) in [5.74, 6) is 0.892. The minimum Gasteiger partial charge on any atom is -0.385 e. The molecule has 32 heavy (non-hydrogen) atoms. The fourth-order valence-electron chi connectivity index (χ4n) is 5.12. The standard InChI is InChI=1S/C25H42N4O2.HI/c1-21(22-9-5-4-6-10-22)29-25(14-17-31-18-15-25)20-28-23(26-2)27-19-24(13-16-30-3)11-7-8-12-24;/h4-6,9-10,21,29H,7-8,11-20H2,1-3H3,(H2,26,27,28);1H. The molecule has 182 valence electrons. The first kappa shape index (κ1) is 27.3. The van der Waals surface area contributed by atoms with Crippen molar-refractivity contribution < 1.29 is 9.47 Å². The van der Waals surface area contributed by atoms with Crippen LogP contribution in [0, 0.1) is 5.41 Å². The van der Waals surface area contributed by atoms with Crippen LogP contribution in [-0.2, 0) is 9.47 Å². The molecule has 7 heteroatoms. The van der Waals surface area contributed by atoms with E-state index in [2.05, 4.69) is 58.2 Å². The van der Waals surface area contributed by atoms with Gasteiger partial charge in [0.05, 0.1) is 0 Å². The minimum absolute atomic E-state index is 0. The highest BCUT2D eigenvalue weighted by atomic mass is 127. The normalized spacial score (nSPS) is 20.9. The van der Waals surface area contributed by atoms with E-state index in [0.29, 0.717) is 5.41 Å². The summed E-state index contributed by atoms with van der Waals surface area (Å²) in [6.45, 7) is 6.46. The molecule has 1 aliphatic heterocycles. The smallest absolute Gasteiger partial charge is 0.191 e. The Morgan fingerprint density at radius 2 is 1.72 bits per heavy atom. The van der Waals surface area contributed by atoms with Crippen LogP contribution >= 0.6 is 24.0 Å². The van der Waals surface area contributed by atoms with Crippen LogP contribution in [0.3, 0.4) is 0 Å². The summed E-state index contributed by atoms with van der Waals surface area (Å²) in [5.41, 5.74) is 1.65. The van der Waals surface area contributed by atoms with Crippen molar-refractivity contribution in [2.24, 2.45) is 10.4 Å². The number of hydrogen-bond donors (Lipinski definition) is 3. The SMILES string of the molecule is CN=C(NCC1(CCOC)CCCC1)NCC1(NC(C)c2ccccc2)CCOCC1.I. The van der Waals surface area contributed by atoms with E-state index < -0.39 is 0 Å². The van der Waals surface area contributed by atoms with E-state index >= 15 is 0 Å². The number of aliphatic imine (C=N–C) groups is 1. The lowest BCUT2D eigenvalue weighted by Crippen LogP contribution is -2.58. The lowest BCUT2D eigenvalue weighted by atomic mass is 9.83. The molecular weight excluding hydrogens is 515 g/mol. The highest BCUT2D eigenvalue weighted by molar-refractivity contribution is 14.0. The summed E-state index contributed by atoms with van der Waals surface area (Å²) in [5, 5.41) is 11.2. The number of halogens is 1. The minimum atomic E-state index is -0.00771. The molecule has 1 atom stereocenters. The molecule has 0 amide bonds. The van der Waals surface area contributed by atoms with Gasteiger partial charge in [-0.05, 0) is 50.0 Å². The molecule has 0 spiro atoms. The average molecular weight is 559 g/mol. The Kier molecular flexibility index (Phi) is 11.7. The van der Waals surface area contributed by atoms with Crippen molar-refractivity contribution in [3.63, 3.8) is 0 Å². The predicted octanol–water partition coefficient (Wildman–Crippen LogP) is 4.27. The summed E-state index contributed by atoms with van der Waals surface area (Å²) >= 11 is 0. The second kappa shape index (κ2) is 13.7. The molecule has 1 unspecified atom stereocenters. The van der Waals surface area contributed by atoms with E-state index in [1.807, 2.05) is 7.05 Å². The van der Waals surface area contributed by atoms with Crippen LogP contribution < -0.4 is 16.0 Å². The Bertz CT molecular complexity index is 674. The Morgan fingerprint density at radius 1 is 1.06 bits per heavy atom. The Labute approximate surface area is 211 Å². The van der Waals surface area contributed by atoms with Gasteiger partial charge < -0.3 is 25.4 Å². The van der Waals surface area contributed by atoms with Crippen LogP contribution in [0.2, 0.25) is 0 Å². The van der Waals surface area contributed by atoms with Gasteiger partial charge in [0.2, 0.25) is 0 Å². The van der Waals surface area contributed by atoms with Crippen LogP contribution in [0.4, 0.5) is 0 Å². The van der Waals surface area contributed by atoms with Crippen molar-refractivity contribution in [1.29, 1.82) is 0 Å². The number of hydrogen-bond acceptors (Lipinski definition) is 4. The summed E-state index contributed by atoms with van der Waals surface area (Å²) < 4.78 is 11.1. The summed E-state index contributed by atoms with van der Waals surface area (Å²) in [6, 6.07) is 11.0. The molecule has 1 aromatic rings. The maximum absolute atomic E-state index is 5.69. The lowest BCUT2D eigenvalue weighted by Gasteiger charge is -2.41. The van der Waals surface area contributed by atoms with Gasteiger partial charge in [-0.1, -0.05) is 43.2 Å². The highest BCUT2D eigenvalue weighted by Crippen LogP contribution is 2.40. The molecule has 3 rings (SSSR count). The van der Waals surface area contributed by atoms with Gasteiger partial charge in [-0.15, -0.1) is 24.0 Å². The molecule has 0 aromatic heterocycles. The summed E-state index contributed by atoms with van der Waals surface area (Å²) in [4.78, 5) is 4.52. The first-order valence-corrected chi connectivity index (χ1v) is 11.9. The number of guanidine groups is 1. The zero-order valence-corrected chi connectivity index (χ0v) is 22.5. The Morgan fingerprint density at radius 3 is 2.34 bits per heavy atom. The maximum atomic E-state index is 5.69.